The van der Waals surface area contributed by atoms with Crippen LogP contribution in [0.3, 0.4) is 0 Å². The average Bonchev–Trinajstić information content (AvgIpc) is 3.05. The summed E-state index contributed by atoms with van der Waals surface area (Å²) in [5, 5.41) is 2.97. The lowest BCUT2D eigenvalue weighted by atomic mass is 10.4. The fourth-order valence-electron chi connectivity index (χ4n) is 2.39. The normalized spacial score (nSPS) is 14.8. The van der Waals surface area contributed by atoms with Gasteiger partial charge in [0.05, 0.1) is 0 Å². The molecule has 0 unspecified atom stereocenters. The lowest BCUT2D eigenvalue weighted by Crippen LogP contribution is -2.28. The lowest BCUT2D eigenvalue weighted by molar-refractivity contribution is 0.212. The zero-order valence-corrected chi connectivity index (χ0v) is 13.3. The van der Waals surface area contributed by atoms with Crippen molar-refractivity contribution in [2.75, 3.05) is 56.6 Å². The molecule has 0 aliphatic carbocycles. The molecule has 21 heavy (non-hydrogen) atoms. The van der Waals surface area contributed by atoms with Crippen LogP contribution in [0, 0.1) is 0 Å². The Morgan fingerprint density at radius 2 is 1.86 bits per heavy atom. The maximum atomic E-state index is 5.71. The third-order valence-corrected chi connectivity index (χ3v) is 3.75. The molecule has 118 valence electrons. The van der Waals surface area contributed by atoms with Crippen LogP contribution in [0.4, 0.5) is 11.9 Å². The SMILES string of the molecule is CCN(CC)CCOc1nc(NC)nc(N2CCCC2)n1. The molecule has 1 aromatic heterocycles. The first-order valence-corrected chi connectivity index (χ1v) is 7.80. The van der Waals surface area contributed by atoms with Gasteiger partial charge in [0.1, 0.15) is 6.61 Å². The molecule has 0 amide bonds. The van der Waals surface area contributed by atoms with Crippen LogP contribution in [0.5, 0.6) is 6.01 Å². The highest BCUT2D eigenvalue weighted by Gasteiger charge is 2.17. The second-order valence-electron chi connectivity index (χ2n) is 5.06. The van der Waals surface area contributed by atoms with E-state index in [0.717, 1.165) is 32.7 Å². The molecule has 2 rings (SSSR count). The molecule has 1 aromatic rings. The number of nitrogens with zero attached hydrogens (tertiary/aromatic N) is 5. The van der Waals surface area contributed by atoms with Crippen molar-refractivity contribution in [3.8, 4) is 6.01 Å². The summed E-state index contributed by atoms with van der Waals surface area (Å²) in [5.41, 5.74) is 0. The maximum Gasteiger partial charge on any atom is 0.323 e. The molecule has 0 aromatic carbocycles. The molecule has 1 aliphatic heterocycles. The van der Waals surface area contributed by atoms with Gasteiger partial charge in [-0.25, -0.2) is 0 Å². The Hall–Kier alpha value is -1.63. The third kappa shape index (κ3) is 4.42. The number of anilines is 2. The summed E-state index contributed by atoms with van der Waals surface area (Å²) in [4.78, 5) is 17.6. The van der Waals surface area contributed by atoms with E-state index in [9.17, 15) is 0 Å². The van der Waals surface area contributed by atoms with E-state index in [1.54, 1.807) is 0 Å². The van der Waals surface area contributed by atoms with Gasteiger partial charge in [0.2, 0.25) is 11.9 Å². The summed E-state index contributed by atoms with van der Waals surface area (Å²) in [6.07, 6.45) is 2.39. The van der Waals surface area contributed by atoms with Crippen molar-refractivity contribution in [3.63, 3.8) is 0 Å². The topological polar surface area (TPSA) is 66.4 Å². The van der Waals surface area contributed by atoms with Crippen LogP contribution < -0.4 is 15.0 Å². The highest BCUT2D eigenvalue weighted by molar-refractivity contribution is 5.38. The molecular weight excluding hydrogens is 268 g/mol. The van der Waals surface area contributed by atoms with Crippen LogP contribution in [0.25, 0.3) is 0 Å². The van der Waals surface area contributed by atoms with Crippen LogP contribution >= 0.6 is 0 Å². The molecule has 7 nitrogen and oxygen atoms in total. The molecule has 1 N–H and O–H groups in total. The number of rotatable bonds is 8. The highest BCUT2D eigenvalue weighted by Crippen LogP contribution is 2.19. The molecule has 7 heteroatoms. The number of hydrogen-bond acceptors (Lipinski definition) is 7. The quantitative estimate of drug-likeness (QED) is 0.773. The van der Waals surface area contributed by atoms with Gasteiger partial charge in [-0.2, -0.15) is 15.0 Å². The van der Waals surface area contributed by atoms with E-state index in [0.29, 0.717) is 24.5 Å². The Labute approximate surface area is 126 Å². The summed E-state index contributed by atoms with van der Waals surface area (Å²) in [6, 6.07) is 0.406. The van der Waals surface area contributed by atoms with Gasteiger partial charge in [-0.1, -0.05) is 13.8 Å². The van der Waals surface area contributed by atoms with Gasteiger partial charge in [-0.15, -0.1) is 0 Å². The first-order valence-electron chi connectivity index (χ1n) is 7.80. The highest BCUT2D eigenvalue weighted by atomic mass is 16.5. The standard InChI is InChI=1S/C14H26N6O/c1-4-19(5-2)10-11-21-14-17-12(15-3)16-13(18-14)20-8-6-7-9-20/h4-11H2,1-3H3,(H,15,16,17,18). The number of hydrogen-bond donors (Lipinski definition) is 1. The predicted molar refractivity (Wildman–Crippen MR) is 84.1 cm³/mol. The van der Waals surface area contributed by atoms with Crippen molar-refractivity contribution in [3.05, 3.63) is 0 Å². The summed E-state index contributed by atoms with van der Waals surface area (Å²) < 4.78 is 5.71. The Bertz CT molecular complexity index is 431. The molecule has 0 radical (unpaired) electrons. The second-order valence-corrected chi connectivity index (χ2v) is 5.06. The number of ether oxygens (including phenoxy) is 1. The molecule has 2 heterocycles. The number of aromatic nitrogens is 3. The predicted octanol–water partition coefficient (Wildman–Crippen LogP) is 1.23. The van der Waals surface area contributed by atoms with Crippen molar-refractivity contribution in [2.45, 2.75) is 26.7 Å². The van der Waals surface area contributed by atoms with E-state index < -0.39 is 0 Å². The molecule has 0 spiro atoms. The van der Waals surface area contributed by atoms with Crippen molar-refractivity contribution in [1.82, 2.24) is 19.9 Å². The monoisotopic (exact) mass is 294 g/mol. The Morgan fingerprint density at radius 1 is 1.14 bits per heavy atom. The van der Waals surface area contributed by atoms with Gasteiger partial charge in [0.15, 0.2) is 0 Å². The van der Waals surface area contributed by atoms with E-state index in [1.165, 1.54) is 12.8 Å². The molecule has 1 fully saturated rings. The fourth-order valence-corrected chi connectivity index (χ4v) is 2.39. The second kappa shape index (κ2) is 7.97. The fraction of sp³-hybridized carbons (Fsp3) is 0.786. The first-order chi connectivity index (χ1) is 10.3. The van der Waals surface area contributed by atoms with Gasteiger partial charge in [0, 0.05) is 26.7 Å². The van der Waals surface area contributed by atoms with E-state index >= 15 is 0 Å². The van der Waals surface area contributed by atoms with E-state index in [1.807, 2.05) is 7.05 Å². The largest absolute Gasteiger partial charge is 0.462 e. The molecule has 0 saturated carbocycles. The smallest absolute Gasteiger partial charge is 0.323 e. The van der Waals surface area contributed by atoms with Crippen LogP contribution in [0.2, 0.25) is 0 Å². The minimum Gasteiger partial charge on any atom is -0.462 e. The number of likely N-dealkylation sites (N-methyl/N-ethyl adjacent to an activating group) is 1. The first kappa shape index (κ1) is 15.8. The van der Waals surface area contributed by atoms with E-state index in [-0.39, 0.29) is 0 Å². The summed E-state index contributed by atoms with van der Waals surface area (Å²) in [5.74, 6) is 1.27. The van der Waals surface area contributed by atoms with Crippen LogP contribution in [-0.2, 0) is 0 Å². The van der Waals surface area contributed by atoms with Gasteiger partial charge >= 0.3 is 6.01 Å². The van der Waals surface area contributed by atoms with Gasteiger partial charge in [0.25, 0.3) is 0 Å². The minimum atomic E-state index is 0.406. The molecule has 1 saturated heterocycles. The molecule has 0 bridgehead atoms. The van der Waals surface area contributed by atoms with Crippen LogP contribution in [0.1, 0.15) is 26.7 Å². The van der Waals surface area contributed by atoms with E-state index in [4.69, 9.17) is 4.74 Å². The van der Waals surface area contributed by atoms with Gasteiger partial charge < -0.3 is 19.9 Å². The zero-order chi connectivity index (χ0) is 15.1. The summed E-state index contributed by atoms with van der Waals surface area (Å²) >= 11 is 0. The van der Waals surface area contributed by atoms with E-state index in [2.05, 4.69) is 43.9 Å². The summed E-state index contributed by atoms with van der Waals surface area (Å²) in [7, 11) is 1.81. The summed E-state index contributed by atoms with van der Waals surface area (Å²) in [6.45, 7) is 9.84. The van der Waals surface area contributed by atoms with Crippen LogP contribution in [0.15, 0.2) is 0 Å². The lowest BCUT2D eigenvalue weighted by Gasteiger charge is -2.19. The molecular formula is C14H26N6O. The Kier molecular flexibility index (Phi) is 5.98. The minimum absolute atomic E-state index is 0.406. The van der Waals surface area contributed by atoms with Crippen molar-refractivity contribution < 1.29 is 4.74 Å². The Balaban J connectivity index is 1.99. The zero-order valence-electron chi connectivity index (χ0n) is 13.3. The van der Waals surface area contributed by atoms with Crippen molar-refractivity contribution in [2.24, 2.45) is 0 Å². The Morgan fingerprint density at radius 3 is 2.48 bits per heavy atom. The van der Waals surface area contributed by atoms with Gasteiger partial charge in [-0.05, 0) is 25.9 Å². The van der Waals surface area contributed by atoms with Crippen LogP contribution in [-0.4, -0.2) is 66.2 Å². The molecule has 0 atom stereocenters. The maximum absolute atomic E-state index is 5.71. The third-order valence-electron chi connectivity index (χ3n) is 3.75. The van der Waals surface area contributed by atoms with Crippen molar-refractivity contribution >= 4 is 11.9 Å². The molecule has 1 aliphatic rings. The van der Waals surface area contributed by atoms with Crippen molar-refractivity contribution in [1.29, 1.82) is 0 Å². The number of nitrogens with one attached hydrogen (secondary N) is 1. The van der Waals surface area contributed by atoms with Gasteiger partial charge in [-0.3, -0.25) is 0 Å². The average molecular weight is 294 g/mol.